The fourth-order valence-electron chi connectivity index (χ4n) is 2.52. The molecule has 1 aliphatic heterocycles. The minimum Gasteiger partial charge on any atom is -0.478 e. The van der Waals surface area contributed by atoms with E-state index in [0.717, 1.165) is 6.07 Å². The average molecular weight is 318 g/mol. The number of carboxylic acids is 1. The predicted molar refractivity (Wildman–Crippen MR) is 71.0 cm³/mol. The standard InChI is InChI=1S/C13H13F3N2O4/c14-13(15,16)9-3-5-17(6-4-9)10-2-1-8(12(19)20)7-11(10)18(21)22/h1-2,7,9H,3-6H2,(H,19,20). The summed E-state index contributed by atoms with van der Waals surface area (Å²) in [6, 6.07) is 3.41. The van der Waals surface area contributed by atoms with Gasteiger partial charge in [-0.3, -0.25) is 10.1 Å². The first kappa shape index (κ1) is 16.1. The molecule has 0 bridgehead atoms. The number of nitrogens with zero attached hydrogens (tertiary/aromatic N) is 2. The Bertz CT molecular complexity index is 595. The molecule has 9 heteroatoms. The maximum atomic E-state index is 12.6. The molecule has 1 fully saturated rings. The smallest absolute Gasteiger partial charge is 0.391 e. The first-order valence-electron chi connectivity index (χ1n) is 6.53. The number of carboxylic acid groups (broad SMARTS) is 1. The van der Waals surface area contributed by atoms with Crippen LogP contribution in [0.2, 0.25) is 0 Å². The Morgan fingerprint density at radius 2 is 1.91 bits per heavy atom. The number of rotatable bonds is 3. The van der Waals surface area contributed by atoms with Gasteiger partial charge in [-0.15, -0.1) is 0 Å². The molecule has 0 atom stereocenters. The quantitative estimate of drug-likeness (QED) is 0.684. The van der Waals surface area contributed by atoms with E-state index in [4.69, 9.17) is 5.11 Å². The average Bonchev–Trinajstić information content (AvgIpc) is 2.45. The van der Waals surface area contributed by atoms with Crippen LogP contribution in [-0.2, 0) is 0 Å². The lowest BCUT2D eigenvalue weighted by molar-refractivity contribution is -0.384. The molecule has 0 radical (unpaired) electrons. The number of aromatic carboxylic acids is 1. The molecule has 1 aromatic rings. The van der Waals surface area contributed by atoms with Crippen molar-refractivity contribution in [3.8, 4) is 0 Å². The topological polar surface area (TPSA) is 83.7 Å². The third-order valence-electron chi connectivity index (χ3n) is 3.72. The molecule has 1 saturated heterocycles. The van der Waals surface area contributed by atoms with E-state index in [9.17, 15) is 28.1 Å². The van der Waals surface area contributed by atoms with Gasteiger partial charge in [0.2, 0.25) is 0 Å². The maximum absolute atomic E-state index is 12.6. The molecular weight excluding hydrogens is 305 g/mol. The summed E-state index contributed by atoms with van der Waals surface area (Å²) in [7, 11) is 0. The van der Waals surface area contributed by atoms with E-state index in [-0.39, 0.29) is 37.2 Å². The van der Waals surface area contributed by atoms with Crippen LogP contribution in [0.1, 0.15) is 23.2 Å². The Morgan fingerprint density at radius 1 is 1.32 bits per heavy atom. The van der Waals surface area contributed by atoms with Crippen LogP contribution in [-0.4, -0.2) is 35.3 Å². The summed E-state index contributed by atoms with van der Waals surface area (Å²) in [6.07, 6.45) is -4.53. The third-order valence-corrected chi connectivity index (χ3v) is 3.72. The van der Waals surface area contributed by atoms with Gasteiger partial charge in [0, 0.05) is 19.2 Å². The molecule has 0 saturated carbocycles. The zero-order chi connectivity index (χ0) is 16.5. The van der Waals surface area contributed by atoms with Gasteiger partial charge in [-0.25, -0.2) is 4.79 Å². The molecule has 1 aliphatic rings. The van der Waals surface area contributed by atoms with E-state index in [1.165, 1.54) is 17.0 Å². The van der Waals surface area contributed by atoms with Crippen molar-refractivity contribution >= 4 is 17.3 Å². The van der Waals surface area contributed by atoms with Crippen molar-refractivity contribution in [2.24, 2.45) is 5.92 Å². The number of hydrogen-bond acceptors (Lipinski definition) is 4. The largest absolute Gasteiger partial charge is 0.478 e. The fraction of sp³-hybridized carbons (Fsp3) is 0.462. The van der Waals surface area contributed by atoms with Crippen molar-refractivity contribution < 1.29 is 28.0 Å². The summed E-state index contributed by atoms with van der Waals surface area (Å²) in [5.41, 5.74) is -0.499. The molecule has 0 unspecified atom stereocenters. The normalized spacial score (nSPS) is 16.6. The number of piperidine rings is 1. The summed E-state index contributed by atoms with van der Waals surface area (Å²) >= 11 is 0. The molecule has 0 aromatic heterocycles. The van der Waals surface area contributed by atoms with Gasteiger partial charge in [0.15, 0.2) is 0 Å². The Hall–Kier alpha value is -2.32. The molecule has 1 heterocycles. The van der Waals surface area contributed by atoms with Crippen molar-refractivity contribution in [3.05, 3.63) is 33.9 Å². The zero-order valence-electron chi connectivity index (χ0n) is 11.3. The molecule has 0 spiro atoms. The lowest BCUT2D eigenvalue weighted by Crippen LogP contribution is -2.39. The van der Waals surface area contributed by atoms with E-state index in [0.29, 0.717) is 0 Å². The Balaban J connectivity index is 2.23. The van der Waals surface area contributed by atoms with Gasteiger partial charge in [-0.05, 0) is 25.0 Å². The van der Waals surface area contributed by atoms with Crippen LogP contribution in [0, 0.1) is 16.0 Å². The second kappa shape index (κ2) is 5.82. The Kier molecular flexibility index (Phi) is 4.25. The van der Waals surface area contributed by atoms with Crippen molar-refractivity contribution in [2.45, 2.75) is 19.0 Å². The minimum atomic E-state index is -4.26. The second-order valence-electron chi connectivity index (χ2n) is 5.07. The number of hydrogen-bond donors (Lipinski definition) is 1. The molecule has 6 nitrogen and oxygen atoms in total. The molecule has 0 aliphatic carbocycles. The maximum Gasteiger partial charge on any atom is 0.391 e. The van der Waals surface area contributed by atoms with E-state index in [2.05, 4.69) is 0 Å². The van der Waals surface area contributed by atoms with Crippen LogP contribution in [0.3, 0.4) is 0 Å². The molecule has 1 aromatic carbocycles. The molecule has 22 heavy (non-hydrogen) atoms. The van der Waals surface area contributed by atoms with E-state index in [1.807, 2.05) is 0 Å². The third kappa shape index (κ3) is 3.29. The van der Waals surface area contributed by atoms with Crippen LogP contribution in [0.15, 0.2) is 18.2 Å². The SMILES string of the molecule is O=C(O)c1ccc(N2CCC(C(F)(F)F)CC2)c([N+](=O)[O-])c1. The van der Waals surface area contributed by atoms with Crippen LogP contribution in [0.4, 0.5) is 24.5 Å². The fourth-order valence-corrected chi connectivity index (χ4v) is 2.52. The highest BCUT2D eigenvalue weighted by atomic mass is 19.4. The van der Waals surface area contributed by atoms with Crippen LogP contribution in [0.25, 0.3) is 0 Å². The first-order chi connectivity index (χ1) is 10.2. The summed E-state index contributed by atoms with van der Waals surface area (Å²) in [4.78, 5) is 22.7. The minimum absolute atomic E-state index is 0.0391. The summed E-state index contributed by atoms with van der Waals surface area (Å²) < 4.78 is 37.9. The van der Waals surface area contributed by atoms with Gasteiger partial charge < -0.3 is 10.0 Å². The molecule has 120 valence electrons. The van der Waals surface area contributed by atoms with Crippen molar-refractivity contribution in [1.82, 2.24) is 0 Å². The Labute approximate surface area is 123 Å². The molecular formula is C13H13F3N2O4. The molecule has 2 rings (SSSR count). The van der Waals surface area contributed by atoms with E-state index in [1.54, 1.807) is 0 Å². The molecule has 0 amide bonds. The van der Waals surface area contributed by atoms with Crippen LogP contribution < -0.4 is 4.90 Å². The first-order valence-corrected chi connectivity index (χ1v) is 6.53. The lowest BCUT2D eigenvalue weighted by atomic mass is 9.95. The second-order valence-corrected chi connectivity index (χ2v) is 5.07. The van der Waals surface area contributed by atoms with Crippen molar-refractivity contribution in [2.75, 3.05) is 18.0 Å². The number of nitro benzene ring substituents is 1. The number of benzene rings is 1. The lowest BCUT2D eigenvalue weighted by Gasteiger charge is -2.34. The van der Waals surface area contributed by atoms with Crippen LogP contribution >= 0.6 is 0 Å². The van der Waals surface area contributed by atoms with E-state index >= 15 is 0 Å². The highest BCUT2D eigenvalue weighted by Gasteiger charge is 2.41. The zero-order valence-corrected chi connectivity index (χ0v) is 11.3. The van der Waals surface area contributed by atoms with Crippen molar-refractivity contribution in [1.29, 1.82) is 0 Å². The number of alkyl halides is 3. The van der Waals surface area contributed by atoms with E-state index < -0.39 is 28.7 Å². The monoisotopic (exact) mass is 318 g/mol. The molecule has 1 N–H and O–H groups in total. The predicted octanol–water partition coefficient (Wildman–Crippen LogP) is 3.07. The van der Waals surface area contributed by atoms with Gasteiger partial charge in [0.05, 0.1) is 16.4 Å². The van der Waals surface area contributed by atoms with Gasteiger partial charge >= 0.3 is 12.1 Å². The summed E-state index contributed by atoms with van der Waals surface area (Å²) in [5, 5.41) is 19.9. The van der Waals surface area contributed by atoms with Crippen molar-refractivity contribution in [3.63, 3.8) is 0 Å². The number of nitro groups is 1. The van der Waals surface area contributed by atoms with Gasteiger partial charge in [0.1, 0.15) is 5.69 Å². The highest BCUT2D eigenvalue weighted by molar-refractivity contribution is 5.89. The number of anilines is 1. The summed E-state index contributed by atoms with van der Waals surface area (Å²) in [6.45, 7) is 0.0782. The number of carbonyl (C=O) groups is 1. The van der Waals surface area contributed by atoms with Gasteiger partial charge in [-0.2, -0.15) is 13.2 Å². The summed E-state index contributed by atoms with van der Waals surface area (Å²) in [5.74, 6) is -2.70. The van der Waals surface area contributed by atoms with Gasteiger partial charge in [-0.1, -0.05) is 0 Å². The highest BCUT2D eigenvalue weighted by Crippen LogP contribution is 2.37. The number of halogens is 3. The Morgan fingerprint density at radius 3 is 2.36 bits per heavy atom. The van der Waals surface area contributed by atoms with Crippen LogP contribution in [0.5, 0.6) is 0 Å². The van der Waals surface area contributed by atoms with Gasteiger partial charge in [0.25, 0.3) is 5.69 Å².